The Morgan fingerprint density at radius 2 is 1.93 bits per heavy atom. The molecule has 1 aliphatic rings. The number of hydrogen-bond donors (Lipinski definition) is 1. The Hall–Kier alpha value is -2.36. The summed E-state index contributed by atoms with van der Waals surface area (Å²) in [6.07, 6.45) is 2.84. The quantitative estimate of drug-likeness (QED) is 0.693. The maximum Gasteiger partial charge on any atom is 0.282 e. The number of amides is 1. The van der Waals surface area contributed by atoms with E-state index in [1.807, 2.05) is 44.2 Å². The van der Waals surface area contributed by atoms with Gasteiger partial charge in [-0.1, -0.05) is 44.2 Å². The van der Waals surface area contributed by atoms with Gasteiger partial charge >= 0.3 is 0 Å². The fourth-order valence-corrected chi connectivity index (χ4v) is 5.61. The van der Waals surface area contributed by atoms with E-state index in [2.05, 4.69) is 15.3 Å². The van der Waals surface area contributed by atoms with Crippen molar-refractivity contribution in [1.29, 1.82) is 0 Å². The number of benzene rings is 1. The molecule has 8 nitrogen and oxygen atoms in total. The van der Waals surface area contributed by atoms with Crippen LogP contribution in [-0.4, -0.2) is 52.5 Å². The van der Waals surface area contributed by atoms with Gasteiger partial charge in [0.1, 0.15) is 5.82 Å². The van der Waals surface area contributed by atoms with Crippen LogP contribution in [-0.2, 0) is 16.8 Å². The molecule has 0 radical (unpaired) electrons. The smallest absolute Gasteiger partial charge is 0.282 e. The Balaban J connectivity index is 1.89. The molecule has 1 aliphatic heterocycles. The van der Waals surface area contributed by atoms with Gasteiger partial charge in [0.15, 0.2) is 0 Å². The van der Waals surface area contributed by atoms with E-state index in [9.17, 15) is 13.2 Å². The van der Waals surface area contributed by atoms with Crippen LogP contribution in [0.25, 0.3) is 0 Å². The Bertz CT molecular complexity index is 977. The Kier molecular flexibility index (Phi) is 7.17. The summed E-state index contributed by atoms with van der Waals surface area (Å²) in [6, 6.07) is 9.13. The molecule has 0 saturated carbocycles. The summed E-state index contributed by atoms with van der Waals surface area (Å²) in [7, 11) is -3.63. The van der Waals surface area contributed by atoms with E-state index < -0.39 is 16.3 Å². The van der Waals surface area contributed by atoms with Crippen LogP contribution in [0.1, 0.15) is 60.2 Å². The second kappa shape index (κ2) is 9.63. The molecule has 0 spiro atoms. The lowest BCUT2D eigenvalue weighted by molar-refractivity contribution is 0.0947. The van der Waals surface area contributed by atoms with Crippen molar-refractivity contribution in [2.24, 2.45) is 0 Å². The van der Waals surface area contributed by atoms with E-state index in [0.29, 0.717) is 49.7 Å². The van der Waals surface area contributed by atoms with Crippen LogP contribution in [0.15, 0.2) is 36.5 Å². The summed E-state index contributed by atoms with van der Waals surface area (Å²) in [4.78, 5) is 21.6. The van der Waals surface area contributed by atoms with Crippen molar-refractivity contribution in [3.05, 3.63) is 59.2 Å². The van der Waals surface area contributed by atoms with Crippen molar-refractivity contribution in [2.45, 2.75) is 46.2 Å². The molecule has 9 heteroatoms. The van der Waals surface area contributed by atoms with E-state index in [4.69, 9.17) is 0 Å². The van der Waals surface area contributed by atoms with Crippen LogP contribution in [0, 0.1) is 6.92 Å². The van der Waals surface area contributed by atoms with Gasteiger partial charge in [-0.2, -0.15) is 17.0 Å². The number of nitrogens with one attached hydrogen (secondary N) is 1. The summed E-state index contributed by atoms with van der Waals surface area (Å²) < 4.78 is 29.2. The molecule has 30 heavy (non-hydrogen) atoms. The Morgan fingerprint density at radius 1 is 1.23 bits per heavy atom. The lowest BCUT2D eigenvalue weighted by atomic mass is 10.1. The van der Waals surface area contributed by atoms with Crippen LogP contribution in [0.5, 0.6) is 0 Å². The maximum absolute atomic E-state index is 13.2. The number of aryl methyl sites for hydroxylation is 1. The SMILES string of the molecule is CCN(CC)S(=O)(=O)N1CCCC1c1nc(C)ncc1C(=O)NCc1ccccc1. The fraction of sp³-hybridized carbons (Fsp3) is 0.476. The average molecular weight is 432 g/mol. The minimum atomic E-state index is -3.63. The molecule has 1 saturated heterocycles. The first-order chi connectivity index (χ1) is 14.4. The van der Waals surface area contributed by atoms with Crippen LogP contribution in [0.2, 0.25) is 0 Å². The number of hydrogen-bond acceptors (Lipinski definition) is 5. The Labute approximate surface area is 178 Å². The predicted octanol–water partition coefficient (Wildman–Crippen LogP) is 2.44. The summed E-state index contributed by atoms with van der Waals surface area (Å²) >= 11 is 0. The number of carbonyl (C=O) groups is 1. The van der Waals surface area contributed by atoms with Gasteiger partial charge in [0.2, 0.25) is 0 Å². The molecule has 1 N–H and O–H groups in total. The first-order valence-electron chi connectivity index (χ1n) is 10.3. The van der Waals surface area contributed by atoms with Crippen molar-refractivity contribution < 1.29 is 13.2 Å². The molecule has 1 amide bonds. The second-order valence-corrected chi connectivity index (χ2v) is 9.13. The fourth-order valence-electron chi connectivity index (χ4n) is 3.78. The van der Waals surface area contributed by atoms with Gasteiger partial charge in [0.25, 0.3) is 16.1 Å². The summed E-state index contributed by atoms with van der Waals surface area (Å²) in [5.41, 5.74) is 1.77. The van der Waals surface area contributed by atoms with Crippen molar-refractivity contribution in [3.63, 3.8) is 0 Å². The van der Waals surface area contributed by atoms with Crippen LogP contribution in [0.4, 0.5) is 0 Å². The largest absolute Gasteiger partial charge is 0.348 e. The van der Waals surface area contributed by atoms with Gasteiger partial charge in [0.05, 0.1) is 17.3 Å². The third-order valence-corrected chi connectivity index (χ3v) is 7.53. The molecule has 3 rings (SSSR count). The molecule has 2 aromatic rings. The standard InChI is InChI=1S/C21H29N5O3S/c1-4-25(5-2)30(28,29)26-13-9-12-19(26)20-18(15-22-16(3)24-20)21(27)23-14-17-10-7-6-8-11-17/h6-8,10-11,15,19H,4-5,9,12-14H2,1-3H3,(H,23,27). The lowest BCUT2D eigenvalue weighted by Gasteiger charge is -2.30. The molecule has 162 valence electrons. The molecule has 1 unspecified atom stereocenters. The topological polar surface area (TPSA) is 95.5 Å². The molecular weight excluding hydrogens is 402 g/mol. The van der Waals surface area contributed by atoms with Crippen molar-refractivity contribution in [1.82, 2.24) is 23.9 Å². The van der Waals surface area contributed by atoms with Gasteiger partial charge < -0.3 is 5.32 Å². The molecule has 0 bridgehead atoms. The van der Waals surface area contributed by atoms with Gasteiger partial charge in [0, 0.05) is 32.4 Å². The second-order valence-electron chi connectivity index (χ2n) is 7.25. The molecule has 1 atom stereocenters. The lowest BCUT2D eigenvalue weighted by Crippen LogP contribution is -2.43. The summed E-state index contributed by atoms with van der Waals surface area (Å²) in [5.74, 6) is 0.206. The molecular formula is C21H29N5O3S. The zero-order valence-electron chi connectivity index (χ0n) is 17.7. The van der Waals surface area contributed by atoms with Crippen LogP contribution >= 0.6 is 0 Å². The van der Waals surface area contributed by atoms with Crippen molar-refractivity contribution in [3.8, 4) is 0 Å². The zero-order valence-corrected chi connectivity index (χ0v) is 18.5. The van der Waals surface area contributed by atoms with Gasteiger partial charge in [-0.25, -0.2) is 9.97 Å². The molecule has 1 aromatic carbocycles. The van der Waals surface area contributed by atoms with Crippen LogP contribution in [0.3, 0.4) is 0 Å². The first kappa shape index (κ1) is 22.3. The zero-order chi connectivity index (χ0) is 21.7. The van der Waals surface area contributed by atoms with Crippen LogP contribution < -0.4 is 5.32 Å². The molecule has 1 aromatic heterocycles. The number of aromatic nitrogens is 2. The highest BCUT2D eigenvalue weighted by molar-refractivity contribution is 7.86. The molecule has 1 fully saturated rings. The number of rotatable bonds is 8. The minimum Gasteiger partial charge on any atom is -0.348 e. The minimum absolute atomic E-state index is 0.305. The number of carbonyl (C=O) groups excluding carboxylic acids is 1. The average Bonchev–Trinajstić information content (AvgIpc) is 3.24. The van der Waals surface area contributed by atoms with E-state index in [1.165, 1.54) is 14.8 Å². The molecule has 0 aliphatic carbocycles. The first-order valence-corrected chi connectivity index (χ1v) is 11.7. The Morgan fingerprint density at radius 3 is 2.60 bits per heavy atom. The van der Waals surface area contributed by atoms with Gasteiger partial charge in [-0.05, 0) is 25.3 Å². The van der Waals surface area contributed by atoms with Crippen molar-refractivity contribution in [2.75, 3.05) is 19.6 Å². The van der Waals surface area contributed by atoms with E-state index in [0.717, 1.165) is 12.0 Å². The third-order valence-electron chi connectivity index (χ3n) is 5.33. The maximum atomic E-state index is 13.2. The summed E-state index contributed by atoms with van der Waals surface area (Å²) in [5, 5.41) is 2.90. The highest BCUT2D eigenvalue weighted by Gasteiger charge is 2.40. The van der Waals surface area contributed by atoms with E-state index in [1.54, 1.807) is 6.92 Å². The predicted molar refractivity (Wildman–Crippen MR) is 115 cm³/mol. The normalized spacial score (nSPS) is 17.4. The van der Waals surface area contributed by atoms with E-state index in [-0.39, 0.29) is 5.91 Å². The highest BCUT2D eigenvalue weighted by atomic mass is 32.2. The van der Waals surface area contributed by atoms with Crippen molar-refractivity contribution >= 4 is 16.1 Å². The number of nitrogens with zero attached hydrogens (tertiary/aromatic N) is 4. The van der Waals surface area contributed by atoms with E-state index >= 15 is 0 Å². The third kappa shape index (κ3) is 4.69. The molecule has 2 heterocycles. The highest BCUT2D eigenvalue weighted by Crippen LogP contribution is 2.35. The monoisotopic (exact) mass is 431 g/mol. The van der Waals surface area contributed by atoms with Gasteiger partial charge in [-0.3, -0.25) is 4.79 Å². The summed E-state index contributed by atoms with van der Waals surface area (Å²) in [6.45, 7) is 6.97. The van der Waals surface area contributed by atoms with Gasteiger partial charge in [-0.15, -0.1) is 0 Å².